The van der Waals surface area contributed by atoms with Crippen LogP contribution in [0.4, 0.5) is 4.39 Å². The lowest BCUT2D eigenvalue weighted by atomic mass is 9.86. The first-order valence-corrected chi connectivity index (χ1v) is 6.34. The smallest absolute Gasteiger partial charge is 0.331 e. The highest BCUT2D eigenvalue weighted by Crippen LogP contribution is 2.45. The fourth-order valence-electron chi connectivity index (χ4n) is 2.23. The largest absolute Gasteiger partial charge is 0.494 e. The van der Waals surface area contributed by atoms with Gasteiger partial charge in [0.1, 0.15) is 5.54 Å². The van der Waals surface area contributed by atoms with Gasteiger partial charge in [-0.15, -0.1) is 0 Å². The summed E-state index contributed by atoms with van der Waals surface area (Å²) in [5.41, 5.74) is 5.41. The third-order valence-corrected chi connectivity index (χ3v) is 3.46. The second kappa shape index (κ2) is 5.17. The summed E-state index contributed by atoms with van der Waals surface area (Å²) in [6, 6.07) is 4.36. The van der Waals surface area contributed by atoms with Crippen molar-refractivity contribution in [2.45, 2.75) is 25.3 Å². The van der Waals surface area contributed by atoms with Crippen LogP contribution < -0.4 is 10.5 Å². The lowest BCUT2D eigenvalue weighted by molar-refractivity contribution is -0.151. The summed E-state index contributed by atoms with van der Waals surface area (Å²) in [7, 11) is 1.39. The van der Waals surface area contributed by atoms with E-state index in [1.54, 1.807) is 13.0 Å². The first kappa shape index (κ1) is 13.8. The molecule has 1 aromatic rings. The standard InChI is InChI=1S/C14H18FNO3/c1-3-19-13(17)14(16,9-4-5-9)10-6-7-12(18-2)11(15)8-10/h6-9H,3-5,16H2,1-2H3. The van der Waals surface area contributed by atoms with Gasteiger partial charge in [-0.25, -0.2) is 9.18 Å². The minimum absolute atomic E-state index is 0.0133. The van der Waals surface area contributed by atoms with Crippen molar-refractivity contribution in [2.24, 2.45) is 11.7 Å². The number of hydrogen-bond donors (Lipinski definition) is 1. The molecule has 0 aromatic heterocycles. The minimum atomic E-state index is -1.26. The van der Waals surface area contributed by atoms with Crippen LogP contribution in [0.15, 0.2) is 18.2 Å². The third kappa shape index (κ3) is 2.42. The quantitative estimate of drug-likeness (QED) is 0.828. The molecule has 1 aliphatic rings. The van der Waals surface area contributed by atoms with Gasteiger partial charge in [-0.1, -0.05) is 6.07 Å². The Hall–Kier alpha value is -1.62. The molecule has 1 aromatic carbocycles. The Kier molecular flexibility index (Phi) is 3.75. The predicted octanol–water partition coefficient (Wildman–Crippen LogP) is 1.96. The van der Waals surface area contributed by atoms with Gasteiger partial charge in [-0.05, 0) is 43.4 Å². The molecule has 1 unspecified atom stereocenters. The van der Waals surface area contributed by atoms with Gasteiger partial charge < -0.3 is 15.2 Å². The van der Waals surface area contributed by atoms with Crippen molar-refractivity contribution in [1.82, 2.24) is 0 Å². The van der Waals surface area contributed by atoms with Crippen LogP contribution in [-0.4, -0.2) is 19.7 Å². The maximum atomic E-state index is 13.8. The Morgan fingerprint density at radius 2 is 2.21 bits per heavy atom. The van der Waals surface area contributed by atoms with Crippen LogP contribution in [0, 0.1) is 11.7 Å². The highest BCUT2D eigenvalue weighted by molar-refractivity contribution is 5.83. The lowest BCUT2D eigenvalue weighted by Crippen LogP contribution is -2.48. The second-order valence-corrected chi connectivity index (χ2v) is 4.71. The van der Waals surface area contributed by atoms with E-state index < -0.39 is 17.3 Å². The number of benzene rings is 1. The fourth-order valence-corrected chi connectivity index (χ4v) is 2.23. The van der Waals surface area contributed by atoms with E-state index >= 15 is 0 Å². The Bertz CT molecular complexity index is 488. The minimum Gasteiger partial charge on any atom is -0.494 e. The molecule has 0 radical (unpaired) electrons. The zero-order chi connectivity index (χ0) is 14.0. The van der Waals surface area contributed by atoms with Gasteiger partial charge in [0.15, 0.2) is 11.6 Å². The average Bonchev–Trinajstić information content (AvgIpc) is 3.22. The summed E-state index contributed by atoms with van der Waals surface area (Å²) >= 11 is 0. The average molecular weight is 267 g/mol. The van der Waals surface area contributed by atoms with Crippen molar-refractivity contribution >= 4 is 5.97 Å². The van der Waals surface area contributed by atoms with Gasteiger partial charge in [0.2, 0.25) is 0 Å². The maximum Gasteiger partial charge on any atom is 0.331 e. The van der Waals surface area contributed by atoms with Crippen molar-refractivity contribution in [1.29, 1.82) is 0 Å². The predicted molar refractivity (Wildman–Crippen MR) is 68.2 cm³/mol. The Morgan fingerprint density at radius 3 is 2.68 bits per heavy atom. The van der Waals surface area contributed by atoms with Crippen molar-refractivity contribution < 1.29 is 18.7 Å². The third-order valence-electron chi connectivity index (χ3n) is 3.46. The molecule has 1 atom stereocenters. The number of methoxy groups -OCH3 is 1. The van der Waals surface area contributed by atoms with Gasteiger partial charge in [-0.3, -0.25) is 0 Å². The highest BCUT2D eigenvalue weighted by atomic mass is 19.1. The molecule has 1 aliphatic carbocycles. The van der Waals surface area contributed by atoms with Crippen LogP contribution in [0.3, 0.4) is 0 Å². The molecule has 1 saturated carbocycles. The van der Waals surface area contributed by atoms with E-state index in [-0.39, 0.29) is 18.3 Å². The summed E-state index contributed by atoms with van der Waals surface area (Å²) in [5.74, 6) is -0.882. The Balaban J connectivity index is 2.39. The summed E-state index contributed by atoms with van der Waals surface area (Å²) in [6.07, 6.45) is 1.70. The van der Waals surface area contributed by atoms with Crippen LogP contribution in [-0.2, 0) is 15.1 Å². The van der Waals surface area contributed by atoms with E-state index in [0.717, 1.165) is 12.8 Å². The molecule has 0 aliphatic heterocycles. The van der Waals surface area contributed by atoms with Crippen LogP contribution in [0.1, 0.15) is 25.3 Å². The molecule has 0 spiro atoms. The Morgan fingerprint density at radius 1 is 1.53 bits per heavy atom. The molecule has 1 fully saturated rings. The number of halogens is 1. The molecule has 0 amide bonds. The fraction of sp³-hybridized carbons (Fsp3) is 0.500. The van der Waals surface area contributed by atoms with Crippen molar-refractivity contribution in [2.75, 3.05) is 13.7 Å². The number of rotatable bonds is 5. The maximum absolute atomic E-state index is 13.8. The number of ether oxygens (including phenoxy) is 2. The molecule has 104 valence electrons. The van der Waals surface area contributed by atoms with E-state index in [1.807, 2.05) is 0 Å². The second-order valence-electron chi connectivity index (χ2n) is 4.71. The van der Waals surface area contributed by atoms with E-state index in [0.29, 0.717) is 5.56 Å². The SMILES string of the molecule is CCOC(=O)C(N)(c1ccc(OC)c(F)c1)C1CC1. The highest BCUT2D eigenvalue weighted by Gasteiger charge is 2.50. The summed E-state index contributed by atoms with van der Waals surface area (Å²) in [5, 5.41) is 0. The molecule has 5 heteroatoms. The monoisotopic (exact) mass is 267 g/mol. The van der Waals surface area contributed by atoms with E-state index in [9.17, 15) is 9.18 Å². The van der Waals surface area contributed by atoms with Gasteiger partial charge in [0.05, 0.1) is 13.7 Å². The topological polar surface area (TPSA) is 61.5 Å². The van der Waals surface area contributed by atoms with Crippen LogP contribution in [0.5, 0.6) is 5.75 Å². The van der Waals surface area contributed by atoms with Gasteiger partial charge >= 0.3 is 5.97 Å². The molecule has 2 N–H and O–H groups in total. The first-order valence-electron chi connectivity index (χ1n) is 6.34. The Labute approximate surface area is 111 Å². The number of hydrogen-bond acceptors (Lipinski definition) is 4. The van der Waals surface area contributed by atoms with Crippen LogP contribution in [0.2, 0.25) is 0 Å². The van der Waals surface area contributed by atoms with Crippen molar-refractivity contribution in [3.05, 3.63) is 29.6 Å². The van der Waals surface area contributed by atoms with E-state index in [4.69, 9.17) is 15.2 Å². The van der Waals surface area contributed by atoms with Crippen molar-refractivity contribution in [3.63, 3.8) is 0 Å². The zero-order valence-electron chi connectivity index (χ0n) is 11.1. The number of esters is 1. The van der Waals surface area contributed by atoms with Gasteiger partial charge in [0.25, 0.3) is 0 Å². The van der Waals surface area contributed by atoms with Crippen LogP contribution in [0.25, 0.3) is 0 Å². The molecule has 0 bridgehead atoms. The summed E-state index contributed by atoms with van der Waals surface area (Å²) < 4.78 is 23.7. The summed E-state index contributed by atoms with van der Waals surface area (Å²) in [4.78, 5) is 12.1. The first-order chi connectivity index (χ1) is 9.03. The molecule has 0 saturated heterocycles. The number of nitrogens with two attached hydrogens (primary N) is 1. The molecule has 19 heavy (non-hydrogen) atoms. The molecule has 2 rings (SSSR count). The lowest BCUT2D eigenvalue weighted by Gasteiger charge is -2.27. The molecule has 0 heterocycles. The normalized spacial score (nSPS) is 17.7. The van der Waals surface area contributed by atoms with E-state index in [1.165, 1.54) is 19.2 Å². The van der Waals surface area contributed by atoms with Crippen molar-refractivity contribution in [3.8, 4) is 5.75 Å². The molecular weight excluding hydrogens is 249 g/mol. The molecular formula is C14H18FNO3. The summed E-state index contributed by atoms with van der Waals surface area (Å²) in [6.45, 7) is 1.98. The number of carbonyl (C=O) groups is 1. The van der Waals surface area contributed by atoms with E-state index in [2.05, 4.69) is 0 Å². The van der Waals surface area contributed by atoms with Gasteiger partial charge in [0, 0.05) is 0 Å². The van der Waals surface area contributed by atoms with Crippen LogP contribution >= 0.6 is 0 Å². The number of carbonyl (C=O) groups excluding carboxylic acids is 1. The zero-order valence-corrected chi connectivity index (χ0v) is 11.1. The van der Waals surface area contributed by atoms with Gasteiger partial charge in [-0.2, -0.15) is 0 Å². The molecule has 4 nitrogen and oxygen atoms in total.